The van der Waals surface area contributed by atoms with Gasteiger partial charge in [-0.2, -0.15) is 0 Å². The molecule has 0 unspecified atom stereocenters. The second-order valence-electron chi connectivity index (χ2n) is 3.06. The quantitative estimate of drug-likeness (QED) is 0.524. The Bertz CT molecular complexity index is 143. The molecule has 0 aromatic heterocycles. The fourth-order valence-corrected chi connectivity index (χ4v) is 1.17. The zero-order chi connectivity index (χ0) is 6.69. The summed E-state index contributed by atoms with van der Waals surface area (Å²) in [4.78, 5) is 0. The first kappa shape index (κ1) is 10.5. The van der Waals surface area contributed by atoms with Crippen LogP contribution in [0.3, 0.4) is 0 Å². The van der Waals surface area contributed by atoms with Crippen molar-refractivity contribution in [2.75, 3.05) is 0 Å². The smallest absolute Gasteiger partial charge is 0 e. The third kappa shape index (κ3) is 3.60. The summed E-state index contributed by atoms with van der Waals surface area (Å²) in [6.07, 6.45) is 9.07. The molecule has 0 spiro atoms. The van der Waals surface area contributed by atoms with Gasteiger partial charge < -0.3 is 0 Å². The van der Waals surface area contributed by atoms with E-state index in [0.717, 1.165) is 5.92 Å². The molecule has 0 saturated carbocycles. The molecule has 0 aliphatic heterocycles. The Morgan fingerprint density at radius 3 is 2.60 bits per heavy atom. The molecule has 0 N–H and O–H groups in total. The number of hydrogen-bond donors (Lipinski definition) is 0. The van der Waals surface area contributed by atoms with Gasteiger partial charge in [0.15, 0.2) is 0 Å². The second-order valence-corrected chi connectivity index (χ2v) is 3.06. The van der Waals surface area contributed by atoms with Gasteiger partial charge in [0.1, 0.15) is 0 Å². The minimum absolute atomic E-state index is 0. The molecule has 0 bridgehead atoms. The SMILES string of the molecule is CC(C)CC1=CC=CC1.[Na]. The molecule has 0 amide bonds. The van der Waals surface area contributed by atoms with Crippen LogP contribution >= 0.6 is 0 Å². The van der Waals surface area contributed by atoms with E-state index < -0.39 is 0 Å². The van der Waals surface area contributed by atoms with E-state index in [1.54, 1.807) is 5.57 Å². The molecule has 1 aliphatic rings. The fourth-order valence-electron chi connectivity index (χ4n) is 1.17. The van der Waals surface area contributed by atoms with Crippen molar-refractivity contribution in [3.63, 3.8) is 0 Å². The Hall–Kier alpha value is 0.480. The molecule has 0 aromatic carbocycles. The van der Waals surface area contributed by atoms with Crippen molar-refractivity contribution in [3.8, 4) is 0 Å². The summed E-state index contributed by atoms with van der Waals surface area (Å²) in [6.45, 7) is 4.53. The van der Waals surface area contributed by atoms with Crippen LogP contribution in [0.4, 0.5) is 0 Å². The first-order chi connectivity index (χ1) is 4.29. The van der Waals surface area contributed by atoms with E-state index in [4.69, 9.17) is 0 Å². The molecule has 1 aliphatic carbocycles. The molecule has 0 aromatic rings. The van der Waals surface area contributed by atoms with E-state index in [-0.39, 0.29) is 29.6 Å². The molecule has 1 rings (SSSR count). The van der Waals surface area contributed by atoms with Crippen molar-refractivity contribution in [2.24, 2.45) is 5.92 Å². The van der Waals surface area contributed by atoms with Gasteiger partial charge in [0, 0.05) is 29.6 Å². The van der Waals surface area contributed by atoms with Gasteiger partial charge in [-0.1, -0.05) is 37.6 Å². The van der Waals surface area contributed by atoms with E-state index in [2.05, 4.69) is 32.1 Å². The van der Waals surface area contributed by atoms with Crippen molar-refractivity contribution >= 4 is 29.6 Å². The van der Waals surface area contributed by atoms with E-state index in [9.17, 15) is 0 Å². The molecular formula is C9H14Na. The predicted octanol–water partition coefficient (Wildman–Crippen LogP) is 2.54. The Kier molecular flexibility index (Phi) is 5.42. The van der Waals surface area contributed by atoms with Crippen molar-refractivity contribution in [1.82, 2.24) is 0 Å². The van der Waals surface area contributed by atoms with Gasteiger partial charge in [0.05, 0.1) is 0 Å². The average Bonchev–Trinajstić information content (AvgIpc) is 2.15. The van der Waals surface area contributed by atoms with Crippen LogP contribution < -0.4 is 0 Å². The first-order valence-corrected chi connectivity index (χ1v) is 3.63. The van der Waals surface area contributed by atoms with Gasteiger partial charge in [-0.05, 0) is 18.8 Å². The van der Waals surface area contributed by atoms with Crippen molar-refractivity contribution < 1.29 is 0 Å². The number of hydrogen-bond acceptors (Lipinski definition) is 0. The molecule has 10 heavy (non-hydrogen) atoms. The molecule has 1 radical (unpaired) electrons. The van der Waals surface area contributed by atoms with Crippen LogP contribution in [0.1, 0.15) is 26.7 Å². The van der Waals surface area contributed by atoms with Crippen LogP contribution in [0, 0.1) is 5.92 Å². The maximum Gasteiger partial charge on any atom is 0 e. The van der Waals surface area contributed by atoms with Gasteiger partial charge in [-0.3, -0.25) is 0 Å². The summed E-state index contributed by atoms with van der Waals surface area (Å²) >= 11 is 0. The Morgan fingerprint density at radius 1 is 1.50 bits per heavy atom. The summed E-state index contributed by atoms with van der Waals surface area (Å²) < 4.78 is 0. The van der Waals surface area contributed by atoms with Crippen molar-refractivity contribution in [1.29, 1.82) is 0 Å². The average molecular weight is 145 g/mol. The van der Waals surface area contributed by atoms with Crippen molar-refractivity contribution in [3.05, 3.63) is 23.8 Å². The van der Waals surface area contributed by atoms with Gasteiger partial charge >= 0.3 is 0 Å². The topological polar surface area (TPSA) is 0 Å². The van der Waals surface area contributed by atoms with Crippen LogP contribution in [-0.4, -0.2) is 29.6 Å². The summed E-state index contributed by atoms with van der Waals surface area (Å²) in [6, 6.07) is 0. The molecule has 0 heterocycles. The van der Waals surface area contributed by atoms with Gasteiger partial charge in [-0.25, -0.2) is 0 Å². The maximum absolute atomic E-state index is 2.26. The molecule has 0 fully saturated rings. The Labute approximate surface area is 85.7 Å². The third-order valence-electron chi connectivity index (χ3n) is 1.52. The van der Waals surface area contributed by atoms with Crippen LogP contribution in [0.15, 0.2) is 23.8 Å². The largest absolute Gasteiger partial charge is 0.0805 e. The third-order valence-corrected chi connectivity index (χ3v) is 1.52. The summed E-state index contributed by atoms with van der Waals surface area (Å²) in [5.74, 6) is 0.816. The van der Waals surface area contributed by atoms with Gasteiger partial charge in [0.25, 0.3) is 0 Å². The molecular weight excluding hydrogens is 131 g/mol. The van der Waals surface area contributed by atoms with E-state index >= 15 is 0 Å². The number of allylic oxidation sites excluding steroid dienone is 4. The standard InChI is InChI=1S/C9H14.Na/c1-8(2)7-9-5-3-4-6-9;/h3-5,8H,6-7H2,1-2H3;. The number of rotatable bonds is 2. The van der Waals surface area contributed by atoms with E-state index in [0.29, 0.717) is 0 Å². The van der Waals surface area contributed by atoms with E-state index in [1.807, 2.05) is 0 Å². The monoisotopic (exact) mass is 145 g/mol. The van der Waals surface area contributed by atoms with Crippen LogP contribution in [0.5, 0.6) is 0 Å². The summed E-state index contributed by atoms with van der Waals surface area (Å²) in [5.41, 5.74) is 1.59. The molecule has 0 nitrogen and oxygen atoms in total. The molecule has 1 heteroatoms. The Morgan fingerprint density at radius 2 is 2.20 bits per heavy atom. The van der Waals surface area contributed by atoms with Gasteiger partial charge in [-0.15, -0.1) is 0 Å². The summed E-state index contributed by atoms with van der Waals surface area (Å²) in [5, 5.41) is 0. The van der Waals surface area contributed by atoms with E-state index in [1.165, 1.54) is 12.8 Å². The molecule has 51 valence electrons. The maximum atomic E-state index is 2.26. The van der Waals surface area contributed by atoms with Crippen LogP contribution in [-0.2, 0) is 0 Å². The normalized spacial score (nSPS) is 15.3. The zero-order valence-corrected chi connectivity index (χ0v) is 9.22. The predicted molar refractivity (Wildman–Crippen MR) is 47.0 cm³/mol. The van der Waals surface area contributed by atoms with Gasteiger partial charge in [0.2, 0.25) is 0 Å². The Balaban J connectivity index is 0.000000810. The minimum atomic E-state index is 0. The second kappa shape index (κ2) is 5.17. The first-order valence-electron chi connectivity index (χ1n) is 3.63. The van der Waals surface area contributed by atoms with Crippen LogP contribution in [0.2, 0.25) is 0 Å². The molecule has 0 saturated heterocycles. The molecule has 0 atom stereocenters. The zero-order valence-electron chi connectivity index (χ0n) is 7.22. The summed E-state index contributed by atoms with van der Waals surface area (Å²) in [7, 11) is 0. The minimum Gasteiger partial charge on any atom is -0.0805 e. The van der Waals surface area contributed by atoms with Crippen LogP contribution in [0.25, 0.3) is 0 Å². The fraction of sp³-hybridized carbons (Fsp3) is 0.556. The van der Waals surface area contributed by atoms with Crippen molar-refractivity contribution in [2.45, 2.75) is 26.7 Å².